The van der Waals surface area contributed by atoms with Gasteiger partial charge in [0.2, 0.25) is 5.91 Å². The Labute approximate surface area is 185 Å². The summed E-state index contributed by atoms with van der Waals surface area (Å²) in [6, 6.07) is 15.4. The number of amides is 1. The SMILES string of the molecule is CC(C)Oc1cccc(CNC(=O)CN(c2ccc(F)cc2)S(=O)(=O)c2cccs2)c1. The van der Waals surface area contributed by atoms with E-state index in [1.54, 1.807) is 11.4 Å². The number of sulfonamides is 1. The summed E-state index contributed by atoms with van der Waals surface area (Å²) in [5, 5.41) is 4.38. The molecule has 0 fully saturated rings. The molecule has 0 aliphatic carbocycles. The highest BCUT2D eigenvalue weighted by Gasteiger charge is 2.28. The summed E-state index contributed by atoms with van der Waals surface area (Å²) in [7, 11) is -3.97. The molecule has 0 atom stereocenters. The number of hydrogen-bond donors (Lipinski definition) is 1. The third-order valence-corrected chi connectivity index (χ3v) is 7.35. The maximum atomic E-state index is 13.3. The molecule has 3 rings (SSSR count). The van der Waals surface area contributed by atoms with E-state index in [-0.39, 0.29) is 22.5 Å². The van der Waals surface area contributed by atoms with E-state index in [0.29, 0.717) is 5.75 Å². The largest absolute Gasteiger partial charge is 0.491 e. The highest BCUT2D eigenvalue weighted by Crippen LogP contribution is 2.26. The molecule has 0 saturated carbocycles. The first kappa shape index (κ1) is 22.8. The first-order chi connectivity index (χ1) is 14.8. The molecule has 1 amide bonds. The van der Waals surface area contributed by atoms with Crippen molar-refractivity contribution in [3.05, 3.63) is 77.4 Å². The Morgan fingerprint density at radius 1 is 1.13 bits per heavy atom. The lowest BCUT2D eigenvalue weighted by Gasteiger charge is -2.23. The van der Waals surface area contributed by atoms with Gasteiger partial charge in [0.05, 0.1) is 11.8 Å². The summed E-state index contributed by atoms with van der Waals surface area (Å²) in [4.78, 5) is 12.6. The lowest BCUT2D eigenvalue weighted by atomic mass is 10.2. The number of ether oxygens (including phenoxy) is 1. The minimum atomic E-state index is -3.97. The van der Waals surface area contributed by atoms with Gasteiger partial charge in [0.25, 0.3) is 10.0 Å². The molecular formula is C22H23FN2O4S2. The Morgan fingerprint density at radius 3 is 2.52 bits per heavy atom. The Kier molecular flexibility index (Phi) is 7.29. The number of carbonyl (C=O) groups is 1. The Balaban J connectivity index is 1.75. The predicted octanol–water partition coefficient (Wildman–Crippen LogP) is 4.19. The van der Waals surface area contributed by atoms with Gasteiger partial charge in [-0.05, 0) is 67.3 Å². The van der Waals surface area contributed by atoms with Gasteiger partial charge in [-0.15, -0.1) is 11.3 Å². The second kappa shape index (κ2) is 9.93. The zero-order valence-corrected chi connectivity index (χ0v) is 18.8. The van der Waals surface area contributed by atoms with Gasteiger partial charge in [0.15, 0.2) is 0 Å². The number of nitrogens with zero attached hydrogens (tertiary/aromatic N) is 1. The van der Waals surface area contributed by atoms with E-state index in [2.05, 4.69) is 5.32 Å². The van der Waals surface area contributed by atoms with Crippen LogP contribution in [0, 0.1) is 5.82 Å². The summed E-state index contributed by atoms with van der Waals surface area (Å²) >= 11 is 1.05. The number of rotatable bonds is 9. The van der Waals surface area contributed by atoms with Gasteiger partial charge in [-0.3, -0.25) is 9.10 Å². The maximum Gasteiger partial charge on any atom is 0.274 e. The Bertz CT molecular complexity index is 1110. The lowest BCUT2D eigenvalue weighted by molar-refractivity contribution is -0.119. The third-order valence-electron chi connectivity index (χ3n) is 4.20. The molecule has 164 valence electrons. The number of thiophene rings is 1. The standard InChI is InChI=1S/C22H23FN2O4S2/c1-16(2)29-20-6-3-5-17(13-20)14-24-21(26)15-25(19-10-8-18(23)9-11-19)31(27,28)22-7-4-12-30-22/h3-13,16H,14-15H2,1-2H3,(H,24,26). The molecule has 6 nitrogen and oxygen atoms in total. The molecule has 9 heteroatoms. The van der Waals surface area contributed by atoms with Crippen LogP contribution in [0.15, 0.2) is 70.3 Å². The van der Waals surface area contributed by atoms with Crippen molar-refractivity contribution in [2.45, 2.75) is 30.7 Å². The van der Waals surface area contributed by atoms with E-state index in [4.69, 9.17) is 4.74 Å². The van der Waals surface area contributed by atoms with E-state index >= 15 is 0 Å². The average Bonchev–Trinajstić information content (AvgIpc) is 3.27. The van der Waals surface area contributed by atoms with E-state index in [9.17, 15) is 17.6 Å². The summed E-state index contributed by atoms with van der Waals surface area (Å²) in [6.45, 7) is 3.62. The van der Waals surface area contributed by atoms with Crippen molar-refractivity contribution in [1.29, 1.82) is 0 Å². The molecule has 0 aliphatic rings. The molecule has 0 spiro atoms. The predicted molar refractivity (Wildman–Crippen MR) is 119 cm³/mol. The number of nitrogens with one attached hydrogen (secondary N) is 1. The van der Waals surface area contributed by atoms with Gasteiger partial charge in [0, 0.05) is 6.54 Å². The quantitative estimate of drug-likeness (QED) is 0.518. The van der Waals surface area contributed by atoms with Gasteiger partial charge in [0.1, 0.15) is 22.3 Å². The van der Waals surface area contributed by atoms with Crippen LogP contribution in [0.5, 0.6) is 5.75 Å². The van der Waals surface area contributed by atoms with Crippen LogP contribution in [-0.4, -0.2) is 27.0 Å². The summed E-state index contributed by atoms with van der Waals surface area (Å²) < 4.78 is 46.2. The summed E-state index contributed by atoms with van der Waals surface area (Å²) in [6.07, 6.45) is 0.0246. The van der Waals surface area contributed by atoms with Crippen LogP contribution >= 0.6 is 11.3 Å². The number of anilines is 1. The van der Waals surface area contributed by atoms with Crippen molar-refractivity contribution in [2.24, 2.45) is 0 Å². The molecule has 1 N–H and O–H groups in total. The highest BCUT2D eigenvalue weighted by molar-refractivity contribution is 7.94. The van der Waals surface area contributed by atoms with Gasteiger partial charge in [-0.25, -0.2) is 12.8 Å². The Morgan fingerprint density at radius 2 is 1.87 bits per heavy atom. The van der Waals surface area contributed by atoms with Crippen molar-refractivity contribution < 1.29 is 22.3 Å². The molecule has 2 aromatic carbocycles. The molecule has 0 saturated heterocycles. The average molecular weight is 463 g/mol. The zero-order valence-electron chi connectivity index (χ0n) is 17.1. The zero-order chi connectivity index (χ0) is 22.4. The molecule has 0 unspecified atom stereocenters. The molecule has 0 bridgehead atoms. The summed E-state index contributed by atoms with van der Waals surface area (Å²) in [5.74, 6) is -0.292. The fraction of sp³-hybridized carbons (Fsp3) is 0.227. The molecular weight excluding hydrogens is 439 g/mol. The fourth-order valence-corrected chi connectivity index (χ4v) is 5.35. The van der Waals surface area contributed by atoms with Crippen molar-refractivity contribution in [3.8, 4) is 5.75 Å². The van der Waals surface area contributed by atoms with Crippen LogP contribution in [0.4, 0.5) is 10.1 Å². The monoisotopic (exact) mass is 462 g/mol. The van der Waals surface area contributed by atoms with Crippen LogP contribution in [-0.2, 0) is 21.4 Å². The van der Waals surface area contributed by atoms with Gasteiger partial charge in [-0.2, -0.15) is 0 Å². The lowest BCUT2D eigenvalue weighted by Crippen LogP contribution is -2.40. The smallest absolute Gasteiger partial charge is 0.274 e. The van der Waals surface area contributed by atoms with Gasteiger partial charge in [-0.1, -0.05) is 18.2 Å². The van der Waals surface area contributed by atoms with Crippen molar-refractivity contribution in [3.63, 3.8) is 0 Å². The topological polar surface area (TPSA) is 75.7 Å². The normalized spacial score (nSPS) is 11.4. The highest BCUT2D eigenvalue weighted by atomic mass is 32.2. The molecule has 0 aliphatic heterocycles. The third kappa shape index (κ3) is 6.05. The molecule has 31 heavy (non-hydrogen) atoms. The summed E-state index contributed by atoms with van der Waals surface area (Å²) in [5.41, 5.74) is 1.03. The van der Waals surface area contributed by atoms with E-state index in [1.807, 2.05) is 38.1 Å². The number of hydrogen-bond acceptors (Lipinski definition) is 5. The van der Waals surface area contributed by atoms with Gasteiger partial charge < -0.3 is 10.1 Å². The molecule has 0 radical (unpaired) electrons. The van der Waals surface area contributed by atoms with Crippen molar-refractivity contribution in [2.75, 3.05) is 10.8 Å². The molecule has 3 aromatic rings. The van der Waals surface area contributed by atoms with E-state index in [0.717, 1.165) is 33.3 Å². The van der Waals surface area contributed by atoms with Crippen LogP contribution in [0.25, 0.3) is 0 Å². The molecule has 1 heterocycles. The van der Waals surface area contributed by atoms with E-state index < -0.39 is 28.3 Å². The van der Waals surface area contributed by atoms with Crippen molar-refractivity contribution >= 4 is 33.0 Å². The number of benzene rings is 2. The van der Waals surface area contributed by atoms with Crippen LogP contribution in [0.1, 0.15) is 19.4 Å². The van der Waals surface area contributed by atoms with Crippen molar-refractivity contribution in [1.82, 2.24) is 5.32 Å². The minimum Gasteiger partial charge on any atom is -0.491 e. The van der Waals surface area contributed by atoms with Crippen LogP contribution in [0.2, 0.25) is 0 Å². The van der Waals surface area contributed by atoms with Crippen LogP contribution < -0.4 is 14.4 Å². The first-order valence-corrected chi connectivity index (χ1v) is 11.9. The van der Waals surface area contributed by atoms with Crippen LogP contribution in [0.3, 0.4) is 0 Å². The first-order valence-electron chi connectivity index (χ1n) is 9.60. The minimum absolute atomic E-state index is 0.0246. The number of carbonyl (C=O) groups excluding carboxylic acids is 1. The fourth-order valence-electron chi connectivity index (χ4n) is 2.83. The van der Waals surface area contributed by atoms with E-state index in [1.165, 1.54) is 18.2 Å². The maximum absolute atomic E-state index is 13.3. The molecule has 1 aromatic heterocycles. The Hall–Kier alpha value is -2.91. The second-order valence-corrected chi connectivity index (χ2v) is 10.0. The van der Waals surface area contributed by atoms with Gasteiger partial charge >= 0.3 is 0 Å². The number of halogens is 1. The second-order valence-electron chi connectivity index (χ2n) is 7.01.